The van der Waals surface area contributed by atoms with Gasteiger partial charge in [0.1, 0.15) is 54.9 Å². The predicted octanol–water partition coefficient (Wildman–Crippen LogP) is -9.00. The third-order valence-electron chi connectivity index (χ3n) is 8.40. The van der Waals surface area contributed by atoms with E-state index in [1.165, 1.54) is 0 Å². The zero-order chi connectivity index (χ0) is 32.7. The highest BCUT2D eigenvalue weighted by molar-refractivity contribution is 5.03. The first-order valence-corrected chi connectivity index (χ1v) is 14.8. The third-order valence-corrected chi connectivity index (χ3v) is 8.40. The molecule has 0 bridgehead atoms. The van der Waals surface area contributed by atoms with Crippen molar-refractivity contribution in [3.05, 3.63) is 0 Å². The van der Waals surface area contributed by atoms with Crippen LogP contribution in [-0.4, -0.2) is 189 Å². The van der Waals surface area contributed by atoms with Gasteiger partial charge in [-0.1, -0.05) is 0 Å². The van der Waals surface area contributed by atoms with E-state index in [4.69, 9.17) is 41.9 Å². The van der Waals surface area contributed by atoms with E-state index in [1.807, 2.05) is 0 Å². The van der Waals surface area contributed by atoms with Gasteiger partial charge in [0.15, 0.2) is 12.6 Å². The molecule has 2 unspecified atom stereocenters. The van der Waals surface area contributed by atoms with Crippen molar-refractivity contribution >= 4 is 0 Å². The molecule has 3 aliphatic rings. The molecule has 0 aromatic heterocycles. The molecule has 44 heavy (non-hydrogen) atoms. The molecule has 19 heteroatoms. The van der Waals surface area contributed by atoms with Gasteiger partial charge in [0.05, 0.1) is 44.1 Å². The summed E-state index contributed by atoms with van der Waals surface area (Å²) < 4.78 is 23.4. The topological polar surface area (TPSA) is 347 Å². The lowest BCUT2D eigenvalue weighted by Gasteiger charge is -2.49. The highest BCUT2D eigenvalue weighted by Crippen LogP contribution is 2.32. The van der Waals surface area contributed by atoms with Crippen molar-refractivity contribution in [2.45, 2.75) is 117 Å². The van der Waals surface area contributed by atoms with Gasteiger partial charge < -0.3 is 98.5 Å². The van der Waals surface area contributed by atoms with E-state index in [2.05, 4.69) is 10.6 Å². The SMILES string of the molecule is NCCC(O)CNC[C@H]1O[C@H](OC2[C@@H](N)C[C@@H](NC(CO)CO)[C@H](O[C@H]3O[C@H](CO)[C@@H](O)[C@H](N)[C@H]3O)[C@H]2O)[C@H](N)[C@@H](O)[C@@H]1O. The van der Waals surface area contributed by atoms with Crippen molar-refractivity contribution in [1.82, 2.24) is 10.6 Å². The van der Waals surface area contributed by atoms with Crippen LogP contribution in [0.15, 0.2) is 0 Å². The first kappa shape index (κ1) is 37.7. The molecule has 260 valence electrons. The van der Waals surface area contributed by atoms with Gasteiger partial charge in [-0.05, 0) is 19.4 Å². The molecule has 1 aliphatic carbocycles. The Morgan fingerprint density at radius 3 is 2.02 bits per heavy atom. The second-order valence-electron chi connectivity index (χ2n) is 11.7. The van der Waals surface area contributed by atoms with Gasteiger partial charge in [0, 0.05) is 25.2 Å². The number of nitrogens with two attached hydrogens (primary N) is 4. The number of nitrogens with one attached hydrogen (secondary N) is 2. The van der Waals surface area contributed by atoms with E-state index < -0.39 is 124 Å². The van der Waals surface area contributed by atoms with Crippen LogP contribution in [0.5, 0.6) is 0 Å². The maximum absolute atomic E-state index is 11.5. The fraction of sp³-hybridized carbons (Fsp3) is 1.00. The number of hydrogen-bond acceptors (Lipinski definition) is 19. The highest BCUT2D eigenvalue weighted by atomic mass is 16.7. The van der Waals surface area contributed by atoms with E-state index in [1.54, 1.807) is 0 Å². The van der Waals surface area contributed by atoms with E-state index in [9.17, 15) is 46.0 Å². The summed E-state index contributed by atoms with van der Waals surface area (Å²) in [5.41, 5.74) is 23.9. The number of rotatable bonds is 15. The number of ether oxygens (including phenoxy) is 4. The first-order chi connectivity index (χ1) is 20.9. The summed E-state index contributed by atoms with van der Waals surface area (Å²) in [6.07, 6.45) is -15.5. The van der Waals surface area contributed by atoms with E-state index >= 15 is 0 Å². The average molecular weight is 645 g/mol. The quantitative estimate of drug-likeness (QED) is 0.0786. The minimum absolute atomic E-state index is 0.00217. The molecule has 0 radical (unpaired) electrons. The zero-order valence-corrected chi connectivity index (χ0v) is 24.4. The van der Waals surface area contributed by atoms with Crippen molar-refractivity contribution in [1.29, 1.82) is 0 Å². The average Bonchev–Trinajstić information content (AvgIpc) is 3.00. The summed E-state index contributed by atoms with van der Waals surface area (Å²) in [5.74, 6) is 0. The number of aliphatic hydroxyl groups is 9. The van der Waals surface area contributed by atoms with Crippen LogP contribution in [-0.2, 0) is 18.9 Å². The van der Waals surface area contributed by atoms with Crippen molar-refractivity contribution in [3.63, 3.8) is 0 Å². The molecular formula is C25H52N6O13. The van der Waals surface area contributed by atoms with E-state index in [-0.39, 0.29) is 26.1 Å². The minimum Gasteiger partial charge on any atom is -0.395 e. The van der Waals surface area contributed by atoms with E-state index in [0.717, 1.165) is 0 Å². The summed E-state index contributed by atoms with van der Waals surface area (Å²) in [6, 6.07) is -5.13. The van der Waals surface area contributed by atoms with Gasteiger partial charge in [-0.15, -0.1) is 0 Å². The summed E-state index contributed by atoms with van der Waals surface area (Å²) in [5, 5.41) is 98.2. The standard InChI is InChI=1S/C25H52N6O13/c26-2-1-10(35)4-30-5-13-18(37)19(38)16(29)24(41-13)43-22-11(27)3-12(31-9(6-32)7-33)23(21(22)40)44-25-20(39)15(28)17(36)14(8-34)42-25/h9-25,30-40H,1-8,26-29H2/t10?,11-,12+,13+,14+,15-,16+,17+,18+,19+,20+,21-,22?,23-,24+,25+/m0/s1. The Morgan fingerprint density at radius 1 is 0.773 bits per heavy atom. The predicted molar refractivity (Wildman–Crippen MR) is 150 cm³/mol. The van der Waals surface area contributed by atoms with Gasteiger partial charge >= 0.3 is 0 Å². The number of hydrogen-bond donors (Lipinski definition) is 15. The normalized spacial score (nSPS) is 44.2. The summed E-state index contributed by atoms with van der Waals surface area (Å²) in [7, 11) is 0. The molecule has 2 aliphatic heterocycles. The molecule has 16 atom stereocenters. The summed E-state index contributed by atoms with van der Waals surface area (Å²) in [6.45, 7) is -1.16. The molecule has 2 saturated heterocycles. The Hall–Kier alpha value is -0.760. The van der Waals surface area contributed by atoms with Crippen LogP contribution in [0.4, 0.5) is 0 Å². The molecule has 3 rings (SSSR count). The van der Waals surface area contributed by atoms with Crippen LogP contribution in [0.2, 0.25) is 0 Å². The van der Waals surface area contributed by atoms with Crippen LogP contribution in [0.1, 0.15) is 12.8 Å². The maximum atomic E-state index is 11.5. The molecule has 0 aromatic rings. The van der Waals surface area contributed by atoms with Gasteiger partial charge in [-0.25, -0.2) is 0 Å². The minimum atomic E-state index is -1.59. The molecule has 19 N–H and O–H groups in total. The van der Waals surface area contributed by atoms with Crippen LogP contribution in [0, 0.1) is 0 Å². The molecule has 3 fully saturated rings. The Morgan fingerprint density at radius 2 is 1.41 bits per heavy atom. The van der Waals surface area contributed by atoms with Crippen molar-refractivity contribution in [3.8, 4) is 0 Å². The van der Waals surface area contributed by atoms with E-state index in [0.29, 0.717) is 6.42 Å². The lowest BCUT2D eigenvalue weighted by atomic mass is 9.83. The molecule has 19 nitrogen and oxygen atoms in total. The summed E-state index contributed by atoms with van der Waals surface area (Å²) >= 11 is 0. The largest absolute Gasteiger partial charge is 0.395 e. The van der Waals surface area contributed by atoms with Gasteiger partial charge in [0.25, 0.3) is 0 Å². The molecule has 0 aromatic carbocycles. The zero-order valence-electron chi connectivity index (χ0n) is 24.4. The highest BCUT2D eigenvalue weighted by Gasteiger charge is 2.52. The van der Waals surface area contributed by atoms with Crippen molar-refractivity contribution < 1.29 is 64.9 Å². The maximum Gasteiger partial charge on any atom is 0.186 e. The molecule has 1 saturated carbocycles. The van der Waals surface area contributed by atoms with Crippen LogP contribution < -0.4 is 33.6 Å². The molecule has 2 heterocycles. The Labute approximate surface area is 255 Å². The first-order valence-electron chi connectivity index (χ1n) is 14.8. The fourth-order valence-corrected chi connectivity index (χ4v) is 5.69. The Balaban J connectivity index is 1.78. The smallest absolute Gasteiger partial charge is 0.186 e. The molecule has 0 amide bonds. The number of aliphatic hydroxyl groups excluding tert-OH is 9. The Bertz CT molecular complexity index is 837. The second-order valence-corrected chi connectivity index (χ2v) is 11.7. The van der Waals surface area contributed by atoms with Gasteiger partial charge in [0.2, 0.25) is 0 Å². The molecule has 0 spiro atoms. The Kier molecular flexibility index (Phi) is 14.9. The van der Waals surface area contributed by atoms with Crippen molar-refractivity contribution in [2.75, 3.05) is 39.5 Å². The van der Waals surface area contributed by atoms with Crippen molar-refractivity contribution in [2.24, 2.45) is 22.9 Å². The van der Waals surface area contributed by atoms with Crippen LogP contribution in [0.3, 0.4) is 0 Å². The van der Waals surface area contributed by atoms with Gasteiger partial charge in [-0.2, -0.15) is 0 Å². The second kappa shape index (κ2) is 17.4. The van der Waals surface area contributed by atoms with Crippen LogP contribution in [0.25, 0.3) is 0 Å². The lowest BCUT2D eigenvalue weighted by Crippen LogP contribution is -2.70. The lowest BCUT2D eigenvalue weighted by molar-refractivity contribution is -0.320. The third kappa shape index (κ3) is 8.98. The summed E-state index contributed by atoms with van der Waals surface area (Å²) in [4.78, 5) is 0. The molecular weight excluding hydrogens is 592 g/mol. The fourth-order valence-electron chi connectivity index (χ4n) is 5.69. The van der Waals surface area contributed by atoms with Gasteiger partial charge in [-0.3, -0.25) is 0 Å². The van der Waals surface area contributed by atoms with Crippen LogP contribution >= 0.6 is 0 Å². The monoisotopic (exact) mass is 644 g/mol.